The molecule has 1 heterocycles. The highest BCUT2D eigenvalue weighted by Crippen LogP contribution is 2.40. The number of phenolic OH excluding ortho intramolecular Hbond substituents is 1. The summed E-state index contributed by atoms with van der Waals surface area (Å²) < 4.78 is 21.9. The Morgan fingerprint density at radius 2 is 1.66 bits per heavy atom. The summed E-state index contributed by atoms with van der Waals surface area (Å²) in [7, 11) is 1.49. The minimum atomic E-state index is -1.31. The number of carboxylic acids is 2. The summed E-state index contributed by atoms with van der Waals surface area (Å²) >= 11 is 0. The van der Waals surface area contributed by atoms with Crippen LogP contribution in [0.15, 0.2) is 51.2 Å². The molecule has 184 valence electrons. The number of phenols is 1. The summed E-state index contributed by atoms with van der Waals surface area (Å²) in [6.07, 6.45) is 2.02. The summed E-state index contributed by atoms with van der Waals surface area (Å²) in [6.45, 7) is 2.22. The zero-order valence-electron chi connectivity index (χ0n) is 19.3. The Balaban J connectivity index is 2.37. The predicted octanol–water partition coefficient (Wildman–Crippen LogP) is 3.61. The van der Waals surface area contributed by atoms with E-state index in [9.17, 15) is 19.5 Å². The lowest BCUT2D eigenvalue weighted by Gasteiger charge is -2.16. The number of methoxy groups -OCH3 is 1. The Morgan fingerprint density at radius 3 is 2.23 bits per heavy atom. The average Bonchev–Trinajstić information content (AvgIpc) is 2.80. The summed E-state index contributed by atoms with van der Waals surface area (Å²) in [5.41, 5.74) is 0.821. The molecule has 35 heavy (non-hydrogen) atoms. The van der Waals surface area contributed by atoms with Gasteiger partial charge in [-0.25, -0.2) is 9.59 Å². The van der Waals surface area contributed by atoms with Crippen molar-refractivity contribution in [3.8, 4) is 34.3 Å². The number of hydrogen-bond donors (Lipinski definition) is 3. The van der Waals surface area contributed by atoms with Gasteiger partial charge in [-0.2, -0.15) is 0 Å². The fourth-order valence-corrected chi connectivity index (χ4v) is 3.32. The molecule has 3 rings (SSSR count). The van der Waals surface area contributed by atoms with Crippen molar-refractivity contribution in [1.29, 1.82) is 0 Å². The molecule has 3 N–H and O–H groups in total. The van der Waals surface area contributed by atoms with Gasteiger partial charge in [-0.3, -0.25) is 4.79 Å². The molecule has 0 atom stereocenters. The van der Waals surface area contributed by atoms with Crippen molar-refractivity contribution in [3.05, 3.63) is 57.8 Å². The van der Waals surface area contributed by atoms with Crippen LogP contribution in [-0.4, -0.2) is 47.6 Å². The Kier molecular flexibility index (Phi) is 7.65. The number of aliphatic carboxylic acids is 2. The molecule has 0 radical (unpaired) electrons. The summed E-state index contributed by atoms with van der Waals surface area (Å²) in [5.74, 6) is -2.97. The molecule has 0 aliphatic rings. The van der Waals surface area contributed by atoms with Gasteiger partial charge >= 0.3 is 11.9 Å². The number of rotatable bonds is 10. The van der Waals surface area contributed by atoms with E-state index in [2.05, 4.69) is 0 Å². The standard InChI is InChI=1S/C25H24O10/c1-13(2)4-9-16-18(33-11-19(27)28)10-17(26)21-22(31)25(34-12-20(29)30)23(35-24(16)21)14-5-7-15(32-3)8-6-14/h4-8,10,26H,9,11-12H2,1-3H3,(H,27,28)(H,29,30). The summed E-state index contributed by atoms with van der Waals surface area (Å²) in [6, 6.07) is 7.56. The van der Waals surface area contributed by atoms with Crippen LogP contribution in [0.1, 0.15) is 19.4 Å². The predicted molar refractivity (Wildman–Crippen MR) is 126 cm³/mol. The molecular weight excluding hydrogens is 460 g/mol. The molecule has 0 amide bonds. The highest BCUT2D eigenvalue weighted by Gasteiger charge is 2.25. The van der Waals surface area contributed by atoms with Crippen LogP contribution in [0.4, 0.5) is 0 Å². The normalized spacial score (nSPS) is 10.6. The molecule has 1 aromatic heterocycles. The lowest BCUT2D eigenvalue weighted by Crippen LogP contribution is -2.17. The molecule has 0 bridgehead atoms. The van der Waals surface area contributed by atoms with Crippen LogP contribution < -0.4 is 19.6 Å². The van der Waals surface area contributed by atoms with Gasteiger partial charge in [0, 0.05) is 17.2 Å². The number of carbonyl (C=O) groups is 2. The molecule has 0 saturated carbocycles. The van der Waals surface area contributed by atoms with Gasteiger partial charge in [-0.1, -0.05) is 11.6 Å². The minimum absolute atomic E-state index is 0.0259. The third kappa shape index (κ3) is 5.72. The average molecular weight is 484 g/mol. The van der Waals surface area contributed by atoms with Crippen molar-refractivity contribution in [1.82, 2.24) is 0 Å². The zero-order valence-corrected chi connectivity index (χ0v) is 19.3. The quantitative estimate of drug-likeness (QED) is 0.364. The van der Waals surface area contributed by atoms with Gasteiger partial charge in [0.05, 0.1) is 7.11 Å². The maximum Gasteiger partial charge on any atom is 0.341 e. The highest BCUT2D eigenvalue weighted by molar-refractivity contribution is 5.91. The topological polar surface area (TPSA) is 153 Å². The van der Waals surface area contributed by atoms with Gasteiger partial charge < -0.3 is 33.9 Å². The number of allylic oxidation sites excluding steroid dienone is 2. The number of benzene rings is 2. The Labute approximate surface area is 199 Å². The lowest BCUT2D eigenvalue weighted by molar-refractivity contribution is -0.140. The fourth-order valence-electron chi connectivity index (χ4n) is 3.32. The molecule has 0 aliphatic carbocycles. The van der Waals surface area contributed by atoms with E-state index in [-0.39, 0.29) is 28.9 Å². The molecule has 0 spiro atoms. The third-order valence-electron chi connectivity index (χ3n) is 4.92. The first-order chi connectivity index (χ1) is 16.6. The number of hydrogen-bond acceptors (Lipinski definition) is 8. The van der Waals surface area contributed by atoms with E-state index in [1.54, 1.807) is 24.3 Å². The Hall–Kier alpha value is -4.47. The van der Waals surface area contributed by atoms with Gasteiger partial charge in [0.1, 0.15) is 28.2 Å². The number of aromatic hydroxyl groups is 1. The van der Waals surface area contributed by atoms with Crippen molar-refractivity contribution in [2.24, 2.45) is 0 Å². The van der Waals surface area contributed by atoms with E-state index in [1.165, 1.54) is 7.11 Å². The number of fused-ring (bicyclic) bond motifs is 1. The van der Waals surface area contributed by atoms with E-state index in [0.717, 1.165) is 11.6 Å². The second-order valence-electron chi connectivity index (χ2n) is 7.74. The van der Waals surface area contributed by atoms with E-state index < -0.39 is 42.1 Å². The molecule has 0 unspecified atom stereocenters. The lowest BCUT2D eigenvalue weighted by atomic mass is 10.0. The van der Waals surface area contributed by atoms with Crippen LogP contribution in [-0.2, 0) is 16.0 Å². The van der Waals surface area contributed by atoms with E-state index in [4.69, 9.17) is 28.8 Å². The van der Waals surface area contributed by atoms with E-state index >= 15 is 0 Å². The van der Waals surface area contributed by atoms with Crippen molar-refractivity contribution in [3.63, 3.8) is 0 Å². The highest BCUT2D eigenvalue weighted by atomic mass is 16.5. The Morgan fingerprint density at radius 1 is 1.03 bits per heavy atom. The fraction of sp³-hybridized carbons (Fsp3) is 0.240. The first-order valence-electron chi connectivity index (χ1n) is 10.4. The Bertz CT molecular complexity index is 1350. The van der Waals surface area contributed by atoms with Crippen molar-refractivity contribution in [2.45, 2.75) is 20.3 Å². The number of carboxylic acid groups (broad SMARTS) is 2. The van der Waals surface area contributed by atoms with Crippen molar-refractivity contribution in [2.75, 3.05) is 20.3 Å². The van der Waals surface area contributed by atoms with Gasteiger partial charge in [-0.05, 0) is 44.5 Å². The third-order valence-corrected chi connectivity index (χ3v) is 4.92. The molecule has 0 saturated heterocycles. The monoisotopic (exact) mass is 484 g/mol. The largest absolute Gasteiger partial charge is 0.507 e. The smallest absolute Gasteiger partial charge is 0.341 e. The summed E-state index contributed by atoms with van der Waals surface area (Å²) in [4.78, 5) is 35.6. The maximum atomic E-state index is 13.4. The van der Waals surface area contributed by atoms with Gasteiger partial charge in [0.2, 0.25) is 11.2 Å². The summed E-state index contributed by atoms with van der Waals surface area (Å²) in [5, 5.41) is 28.5. The van der Waals surface area contributed by atoms with E-state index in [1.807, 2.05) is 19.9 Å². The van der Waals surface area contributed by atoms with Crippen LogP contribution in [0, 0.1) is 0 Å². The molecule has 10 nitrogen and oxygen atoms in total. The molecule has 2 aromatic carbocycles. The molecular formula is C25H24O10. The van der Waals surface area contributed by atoms with Crippen LogP contribution in [0.3, 0.4) is 0 Å². The van der Waals surface area contributed by atoms with Crippen LogP contribution in [0.25, 0.3) is 22.3 Å². The minimum Gasteiger partial charge on any atom is -0.507 e. The second-order valence-corrected chi connectivity index (χ2v) is 7.74. The molecule has 0 fully saturated rings. The SMILES string of the molecule is COc1ccc(-c2oc3c(CC=C(C)C)c(OCC(=O)O)cc(O)c3c(=O)c2OCC(=O)O)cc1. The first-order valence-corrected chi connectivity index (χ1v) is 10.4. The van der Waals surface area contributed by atoms with Crippen molar-refractivity contribution < 1.29 is 43.5 Å². The molecule has 0 aliphatic heterocycles. The van der Waals surface area contributed by atoms with Crippen LogP contribution in [0.5, 0.6) is 23.0 Å². The maximum absolute atomic E-state index is 13.4. The van der Waals surface area contributed by atoms with Gasteiger partial charge in [0.25, 0.3) is 0 Å². The van der Waals surface area contributed by atoms with Crippen LogP contribution >= 0.6 is 0 Å². The first kappa shape index (κ1) is 25.2. The second kappa shape index (κ2) is 10.6. The van der Waals surface area contributed by atoms with Gasteiger partial charge in [0.15, 0.2) is 19.0 Å². The van der Waals surface area contributed by atoms with Crippen molar-refractivity contribution >= 4 is 22.9 Å². The number of ether oxygens (including phenoxy) is 3. The molecule has 10 heteroatoms. The van der Waals surface area contributed by atoms with Gasteiger partial charge in [-0.15, -0.1) is 0 Å². The van der Waals surface area contributed by atoms with E-state index in [0.29, 0.717) is 16.9 Å². The van der Waals surface area contributed by atoms with Crippen LogP contribution in [0.2, 0.25) is 0 Å². The zero-order chi connectivity index (χ0) is 25.7. The molecule has 3 aromatic rings.